The van der Waals surface area contributed by atoms with Crippen molar-refractivity contribution in [2.45, 2.75) is 45.6 Å². The second kappa shape index (κ2) is 11.5. The summed E-state index contributed by atoms with van der Waals surface area (Å²) in [6.07, 6.45) is 2.07. The Hall–Kier alpha value is -3.87. The van der Waals surface area contributed by atoms with Gasteiger partial charge in [0.2, 0.25) is 11.8 Å². The Morgan fingerprint density at radius 2 is 1.77 bits per heavy atom. The van der Waals surface area contributed by atoms with Crippen LogP contribution in [0.2, 0.25) is 0 Å². The van der Waals surface area contributed by atoms with Crippen molar-refractivity contribution in [2.24, 2.45) is 0 Å². The monoisotopic (exact) mass is 474 g/mol. The molecule has 3 aromatic rings. The molecular weight excluding hydrogens is 444 g/mol. The summed E-state index contributed by atoms with van der Waals surface area (Å²) in [6, 6.07) is 19.4. The molecule has 0 radical (unpaired) electrons. The third kappa shape index (κ3) is 6.59. The molecule has 0 unspecified atom stereocenters. The van der Waals surface area contributed by atoms with Gasteiger partial charge in [-0.1, -0.05) is 30.3 Å². The lowest BCUT2D eigenvalue weighted by atomic mass is 10.1. The second-order valence-electron chi connectivity index (χ2n) is 8.54. The molecule has 182 valence electrons. The van der Waals surface area contributed by atoms with Gasteiger partial charge in [0.05, 0.1) is 13.0 Å². The highest BCUT2D eigenvalue weighted by molar-refractivity contribution is 5.92. The van der Waals surface area contributed by atoms with Gasteiger partial charge >= 0.3 is 5.97 Å². The van der Waals surface area contributed by atoms with Crippen LogP contribution in [0.25, 0.3) is 11.3 Å². The largest absolute Gasteiger partial charge is 0.466 e. The fraction of sp³-hybridized carbons (Fsp3) is 0.321. The van der Waals surface area contributed by atoms with Gasteiger partial charge in [-0.3, -0.25) is 14.4 Å². The van der Waals surface area contributed by atoms with Crippen molar-refractivity contribution in [3.05, 3.63) is 77.6 Å². The Balaban J connectivity index is 1.31. The van der Waals surface area contributed by atoms with Crippen molar-refractivity contribution in [2.75, 3.05) is 18.5 Å². The van der Waals surface area contributed by atoms with E-state index in [1.54, 1.807) is 19.1 Å². The first-order chi connectivity index (χ1) is 17.0. The van der Waals surface area contributed by atoms with E-state index in [2.05, 4.69) is 5.32 Å². The van der Waals surface area contributed by atoms with Gasteiger partial charge < -0.3 is 19.4 Å². The molecule has 35 heavy (non-hydrogen) atoms. The number of esters is 1. The van der Waals surface area contributed by atoms with Gasteiger partial charge in [-0.2, -0.15) is 0 Å². The Kier molecular flexibility index (Phi) is 7.98. The lowest BCUT2D eigenvalue weighted by molar-refractivity contribution is -0.144. The molecule has 1 aromatic heterocycles. The number of nitrogens with zero attached hydrogens (tertiary/aromatic N) is 1. The zero-order valence-corrected chi connectivity index (χ0v) is 19.9. The van der Waals surface area contributed by atoms with Crippen LogP contribution in [0.1, 0.15) is 43.1 Å². The van der Waals surface area contributed by atoms with Gasteiger partial charge in [0.15, 0.2) is 0 Å². The predicted molar refractivity (Wildman–Crippen MR) is 133 cm³/mol. The maximum absolute atomic E-state index is 12.7. The van der Waals surface area contributed by atoms with E-state index in [0.717, 1.165) is 29.1 Å². The molecule has 2 aromatic carbocycles. The quantitative estimate of drug-likeness (QED) is 0.452. The SMILES string of the molecule is CCOC(=O)CCC(=O)Nc1ccc(-c2cc3c(o2)CCN(C(=O)CCc2ccccc2)C3)cc1. The van der Waals surface area contributed by atoms with Crippen LogP contribution in [-0.2, 0) is 38.5 Å². The fourth-order valence-corrected chi connectivity index (χ4v) is 4.13. The van der Waals surface area contributed by atoms with Crippen molar-refractivity contribution < 1.29 is 23.5 Å². The molecule has 0 atom stereocenters. The minimum atomic E-state index is -0.378. The fourth-order valence-electron chi connectivity index (χ4n) is 4.13. The highest BCUT2D eigenvalue weighted by Gasteiger charge is 2.24. The van der Waals surface area contributed by atoms with E-state index in [1.807, 2.05) is 53.4 Å². The Bertz CT molecular complexity index is 1170. The van der Waals surface area contributed by atoms with Crippen molar-refractivity contribution in [1.82, 2.24) is 4.90 Å². The van der Waals surface area contributed by atoms with Gasteiger partial charge in [0, 0.05) is 49.2 Å². The predicted octanol–water partition coefficient (Wildman–Crippen LogP) is 4.75. The zero-order valence-electron chi connectivity index (χ0n) is 19.9. The Morgan fingerprint density at radius 1 is 1.00 bits per heavy atom. The van der Waals surface area contributed by atoms with Crippen LogP contribution in [0.5, 0.6) is 0 Å². The number of carbonyl (C=O) groups excluding carboxylic acids is 3. The number of benzene rings is 2. The van der Waals surface area contributed by atoms with Gasteiger partial charge in [0.1, 0.15) is 11.5 Å². The van der Waals surface area contributed by atoms with Crippen LogP contribution in [0.15, 0.2) is 65.1 Å². The molecule has 1 aliphatic rings. The number of aryl methyl sites for hydroxylation is 1. The number of carbonyl (C=O) groups is 3. The van der Waals surface area contributed by atoms with Gasteiger partial charge in [-0.25, -0.2) is 0 Å². The molecule has 7 nitrogen and oxygen atoms in total. The van der Waals surface area contributed by atoms with Gasteiger partial charge in [-0.15, -0.1) is 0 Å². The molecular formula is C28H30N2O5. The van der Waals surface area contributed by atoms with Crippen LogP contribution < -0.4 is 5.32 Å². The Labute approximate surface area is 205 Å². The smallest absolute Gasteiger partial charge is 0.306 e. The van der Waals surface area contributed by atoms with Crippen molar-refractivity contribution in [1.29, 1.82) is 0 Å². The van der Waals surface area contributed by atoms with Crippen LogP contribution in [0, 0.1) is 0 Å². The standard InChI is InChI=1S/C28H30N2O5/c1-2-34-28(33)15-13-26(31)29-23-11-9-21(10-12-23)25-18-22-19-30(17-16-24(22)35-25)27(32)14-8-20-6-4-3-5-7-20/h3-7,9-12,18H,2,8,13-17,19H2,1H3,(H,29,31). The summed E-state index contributed by atoms with van der Waals surface area (Å²) in [6.45, 7) is 3.25. The Morgan fingerprint density at radius 3 is 2.51 bits per heavy atom. The number of furan rings is 1. The first kappa shape index (κ1) is 24.3. The van der Waals surface area contributed by atoms with E-state index in [1.165, 1.54) is 5.56 Å². The summed E-state index contributed by atoms with van der Waals surface area (Å²) in [7, 11) is 0. The highest BCUT2D eigenvalue weighted by Crippen LogP contribution is 2.30. The molecule has 0 fully saturated rings. The van der Waals surface area contributed by atoms with E-state index in [4.69, 9.17) is 9.15 Å². The average molecular weight is 475 g/mol. The molecule has 0 saturated heterocycles. The molecule has 4 rings (SSSR count). The number of anilines is 1. The molecule has 0 bridgehead atoms. The van der Waals surface area contributed by atoms with Crippen molar-refractivity contribution >= 4 is 23.5 Å². The van der Waals surface area contributed by atoms with Crippen LogP contribution >= 0.6 is 0 Å². The van der Waals surface area contributed by atoms with Crippen LogP contribution in [0.4, 0.5) is 5.69 Å². The summed E-state index contributed by atoms with van der Waals surface area (Å²) < 4.78 is 10.9. The van der Waals surface area contributed by atoms with Crippen molar-refractivity contribution in [3.63, 3.8) is 0 Å². The number of nitrogens with one attached hydrogen (secondary N) is 1. The normalized spacial score (nSPS) is 12.7. The molecule has 1 aliphatic heterocycles. The number of hydrogen-bond acceptors (Lipinski definition) is 5. The first-order valence-electron chi connectivity index (χ1n) is 12.0. The molecule has 2 heterocycles. The number of hydrogen-bond donors (Lipinski definition) is 1. The summed E-state index contributed by atoms with van der Waals surface area (Å²) in [5.41, 5.74) is 3.75. The topological polar surface area (TPSA) is 88.8 Å². The lowest BCUT2D eigenvalue weighted by Crippen LogP contribution is -2.35. The highest BCUT2D eigenvalue weighted by atomic mass is 16.5. The molecule has 0 aliphatic carbocycles. The number of rotatable bonds is 9. The molecule has 0 saturated carbocycles. The molecule has 2 amide bonds. The van der Waals surface area contributed by atoms with Crippen molar-refractivity contribution in [3.8, 4) is 11.3 Å². The van der Waals surface area contributed by atoms with E-state index in [-0.39, 0.29) is 30.6 Å². The molecule has 7 heteroatoms. The van der Waals surface area contributed by atoms with E-state index in [0.29, 0.717) is 38.2 Å². The third-order valence-electron chi connectivity index (χ3n) is 6.00. The molecule has 1 N–H and O–H groups in total. The van der Waals surface area contributed by atoms with Gasteiger partial charge in [0.25, 0.3) is 0 Å². The van der Waals surface area contributed by atoms with Gasteiger partial charge in [-0.05, 0) is 49.2 Å². The second-order valence-corrected chi connectivity index (χ2v) is 8.54. The average Bonchev–Trinajstić information content (AvgIpc) is 3.31. The minimum absolute atomic E-state index is 0.0570. The summed E-state index contributed by atoms with van der Waals surface area (Å²) in [4.78, 5) is 38.1. The van der Waals surface area contributed by atoms with E-state index in [9.17, 15) is 14.4 Å². The van der Waals surface area contributed by atoms with Crippen LogP contribution in [-0.4, -0.2) is 35.8 Å². The molecule has 0 spiro atoms. The van der Waals surface area contributed by atoms with E-state index < -0.39 is 0 Å². The summed E-state index contributed by atoms with van der Waals surface area (Å²) >= 11 is 0. The minimum Gasteiger partial charge on any atom is -0.466 e. The maximum Gasteiger partial charge on any atom is 0.306 e. The summed E-state index contributed by atoms with van der Waals surface area (Å²) in [5, 5.41) is 2.79. The first-order valence-corrected chi connectivity index (χ1v) is 12.0. The third-order valence-corrected chi connectivity index (χ3v) is 6.00. The lowest BCUT2D eigenvalue weighted by Gasteiger charge is -2.26. The van der Waals surface area contributed by atoms with E-state index >= 15 is 0 Å². The number of fused-ring (bicyclic) bond motifs is 1. The summed E-state index contributed by atoms with van der Waals surface area (Å²) in [5.74, 6) is 1.20. The number of amides is 2. The number of ether oxygens (including phenoxy) is 1. The maximum atomic E-state index is 12.7. The zero-order chi connectivity index (χ0) is 24.6. The van der Waals surface area contributed by atoms with Crippen LogP contribution in [0.3, 0.4) is 0 Å².